The van der Waals surface area contributed by atoms with E-state index in [9.17, 15) is 4.79 Å². The van der Waals surface area contributed by atoms with Gasteiger partial charge in [0.25, 0.3) is 5.91 Å². The summed E-state index contributed by atoms with van der Waals surface area (Å²) in [6.45, 7) is 5.32. The van der Waals surface area contributed by atoms with E-state index in [2.05, 4.69) is 38.2 Å². The second-order valence-electron chi connectivity index (χ2n) is 6.61. The van der Waals surface area contributed by atoms with Gasteiger partial charge in [0.15, 0.2) is 0 Å². The largest absolute Gasteiger partial charge is 0.345 e. The van der Waals surface area contributed by atoms with E-state index in [0.29, 0.717) is 12.1 Å². The van der Waals surface area contributed by atoms with E-state index >= 15 is 0 Å². The topological polar surface area (TPSA) is 59.8 Å². The summed E-state index contributed by atoms with van der Waals surface area (Å²) in [5.41, 5.74) is 3.79. The molecule has 7 heteroatoms. The van der Waals surface area contributed by atoms with E-state index in [1.54, 1.807) is 23.1 Å². The lowest BCUT2D eigenvalue weighted by Crippen LogP contribution is -2.24. The number of benzene rings is 2. The Hall–Kier alpha value is -2.64. The fourth-order valence-corrected chi connectivity index (χ4v) is 4.72. The molecule has 0 aliphatic rings. The van der Waals surface area contributed by atoms with Gasteiger partial charge in [-0.2, -0.15) is 0 Å². The number of amides is 1. The average molecular weight is 423 g/mol. The summed E-state index contributed by atoms with van der Waals surface area (Å²) in [6, 6.07) is 15.7. The molecule has 2 aromatic carbocycles. The molecular weight excluding hydrogens is 400 g/mol. The Balaban J connectivity index is 1.37. The van der Waals surface area contributed by atoms with Crippen molar-refractivity contribution in [2.45, 2.75) is 37.6 Å². The van der Waals surface area contributed by atoms with Crippen molar-refractivity contribution in [2.75, 3.05) is 0 Å². The van der Waals surface area contributed by atoms with E-state index in [1.165, 1.54) is 0 Å². The zero-order valence-electron chi connectivity index (χ0n) is 16.4. The molecule has 2 heterocycles. The predicted octanol–water partition coefficient (Wildman–Crippen LogP) is 5.04. The maximum absolute atomic E-state index is 12.6. The Morgan fingerprint density at radius 1 is 1.14 bits per heavy atom. The highest BCUT2D eigenvalue weighted by atomic mass is 32.2. The molecule has 0 aliphatic carbocycles. The second-order valence-corrected chi connectivity index (χ2v) is 8.73. The number of imidazole rings is 1. The van der Waals surface area contributed by atoms with Crippen LogP contribution in [0.25, 0.3) is 11.0 Å². The van der Waals surface area contributed by atoms with Gasteiger partial charge in [0.05, 0.1) is 28.3 Å². The molecule has 0 spiro atoms. The molecule has 4 aromatic rings. The number of nitrogens with one attached hydrogen (secondary N) is 1. The van der Waals surface area contributed by atoms with Gasteiger partial charge >= 0.3 is 0 Å². The molecule has 29 heavy (non-hydrogen) atoms. The Morgan fingerprint density at radius 2 is 1.93 bits per heavy atom. The normalized spacial score (nSPS) is 11.1. The smallest absolute Gasteiger partial charge is 0.251 e. The van der Waals surface area contributed by atoms with E-state index in [0.717, 1.165) is 44.8 Å². The van der Waals surface area contributed by atoms with Gasteiger partial charge in [-0.05, 0) is 50.2 Å². The number of para-hydroxylation sites is 2. The van der Waals surface area contributed by atoms with Crippen LogP contribution in [0.4, 0.5) is 0 Å². The second kappa shape index (κ2) is 8.80. The number of carbonyl (C=O) groups is 1. The number of fused-ring (bicyclic) bond motifs is 1. The average Bonchev–Trinajstić information content (AvgIpc) is 3.33. The predicted molar refractivity (Wildman–Crippen MR) is 119 cm³/mol. The number of aromatic nitrogens is 3. The van der Waals surface area contributed by atoms with Gasteiger partial charge in [0.2, 0.25) is 0 Å². The Morgan fingerprint density at radius 3 is 2.66 bits per heavy atom. The molecule has 0 aliphatic heterocycles. The third kappa shape index (κ3) is 4.52. The number of carbonyl (C=O) groups excluding carboxylic acids is 1. The SMILES string of the molecule is CCn1c(CNC(=O)c2ccc(SCc3csc(C)n3)cc2)nc2ccccc21. The van der Waals surface area contributed by atoms with Crippen LogP contribution in [0.3, 0.4) is 0 Å². The molecule has 1 N–H and O–H groups in total. The maximum atomic E-state index is 12.6. The molecule has 4 rings (SSSR count). The number of thiazole rings is 1. The third-order valence-corrected chi connectivity index (χ3v) is 6.49. The molecule has 5 nitrogen and oxygen atoms in total. The van der Waals surface area contributed by atoms with E-state index < -0.39 is 0 Å². The van der Waals surface area contributed by atoms with Crippen molar-refractivity contribution in [1.29, 1.82) is 0 Å². The van der Waals surface area contributed by atoms with Crippen molar-refractivity contribution in [3.63, 3.8) is 0 Å². The summed E-state index contributed by atoms with van der Waals surface area (Å²) >= 11 is 3.39. The van der Waals surface area contributed by atoms with Crippen LogP contribution in [-0.4, -0.2) is 20.4 Å². The van der Waals surface area contributed by atoms with Crippen molar-refractivity contribution in [2.24, 2.45) is 0 Å². The Kier molecular flexibility index (Phi) is 5.97. The summed E-state index contributed by atoms with van der Waals surface area (Å²) in [5.74, 6) is 1.61. The number of hydrogen-bond acceptors (Lipinski definition) is 5. The lowest BCUT2D eigenvalue weighted by atomic mass is 10.2. The fourth-order valence-electron chi connectivity index (χ4n) is 3.21. The van der Waals surface area contributed by atoms with Crippen molar-refractivity contribution < 1.29 is 4.79 Å². The first kappa shape index (κ1) is 19.7. The first-order chi connectivity index (χ1) is 14.1. The molecule has 0 radical (unpaired) electrons. The number of thioether (sulfide) groups is 1. The summed E-state index contributed by atoms with van der Waals surface area (Å²) in [7, 11) is 0. The van der Waals surface area contributed by atoms with E-state index in [4.69, 9.17) is 0 Å². The fraction of sp³-hybridized carbons (Fsp3) is 0.227. The molecule has 1 amide bonds. The van der Waals surface area contributed by atoms with Crippen LogP contribution < -0.4 is 5.32 Å². The van der Waals surface area contributed by atoms with Gasteiger partial charge in [-0.3, -0.25) is 4.79 Å². The number of rotatable bonds is 7. The Labute approximate surface area is 178 Å². The minimum atomic E-state index is -0.0913. The summed E-state index contributed by atoms with van der Waals surface area (Å²) in [5, 5.41) is 6.17. The molecular formula is C22H22N4OS2. The van der Waals surface area contributed by atoms with E-state index in [-0.39, 0.29) is 5.91 Å². The molecule has 0 bridgehead atoms. The quantitative estimate of drug-likeness (QED) is 0.424. The van der Waals surface area contributed by atoms with Crippen LogP contribution in [0.5, 0.6) is 0 Å². The van der Waals surface area contributed by atoms with Crippen molar-refractivity contribution in [1.82, 2.24) is 19.9 Å². The van der Waals surface area contributed by atoms with Crippen LogP contribution in [0.2, 0.25) is 0 Å². The van der Waals surface area contributed by atoms with Gasteiger partial charge in [-0.1, -0.05) is 12.1 Å². The van der Waals surface area contributed by atoms with Crippen LogP contribution in [0.1, 0.15) is 33.8 Å². The monoisotopic (exact) mass is 422 g/mol. The van der Waals surface area contributed by atoms with Crippen molar-refractivity contribution in [3.05, 3.63) is 76.0 Å². The van der Waals surface area contributed by atoms with Crippen molar-refractivity contribution >= 4 is 40.0 Å². The van der Waals surface area contributed by atoms with E-state index in [1.807, 2.05) is 49.4 Å². The van der Waals surface area contributed by atoms with Gasteiger partial charge in [-0.15, -0.1) is 23.1 Å². The minimum Gasteiger partial charge on any atom is -0.345 e. The minimum absolute atomic E-state index is 0.0913. The Bertz CT molecular complexity index is 1130. The number of hydrogen-bond donors (Lipinski definition) is 1. The highest BCUT2D eigenvalue weighted by molar-refractivity contribution is 7.98. The van der Waals surface area contributed by atoms with Gasteiger partial charge in [0, 0.05) is 28.1 Å². The molecule has 148 valence electrons. The highest BCUT2D eigenvalue weighted by Crippen LogP contribution is 2.24. The lowest BCUT2D eigenvalue weighted by molar-refractivity contribution is 0.0949. The zero-order valence-corrected chi connectivity index (χ0v) is 18.0. The van der Waals surface area contributed by atoms with Gasteiger partial charge in [0.1, 0.15) is 5.82 Å². The van der Waals surface area contributed by atoms with Crippen LogP contribution in [-0.2, 0) is 18.8 Å². The lowest BCUT2D eigenvalue weighted by Gasteiger charge is -2.08. The van der Waals surface area contributed by atoms with Crippen LogP contribution in [0.15, 0.2) is 58.8 Å². The summed E-state index contributed by atoms with van der Waals surface area (Å²) in [4.78, 5) is 22.8. The third-order valence-electron chi connectivity index (χ3n) is 4.63. The van der Waals surface area contributed by atoms with Crippen LogP contribution >= 0.6 is 23.1 Å². The maximum Gasteiger partial charge on any atom is 0.251 e. The number of aryl methyl sites for hydroxylation is 2. The first-order valence-corrected chi connectivity index (χ1v) is 11.4. The molecule has 0 unspecified atom stereocenters. The molecule has 0 fully saturated rings. The highest BCUT2D eigenvalue weighted by Gasteiger charge is 2.11. The summed E-state index contributed by atoms with van der Waals surface area (Å²) < 4.78 is 2.13. The molecule has 0 saturated heterocycles. The number of nitrogens with zero attached hydrogens (tertiary/aromatic N) is 3. The first-order valence-electron chi connectivity index (χ1n) is 9.50. The van der Waals surface area contributed by atoms with Gasteiger partial charge < -0.3 is 9.88 Å². The van der Waals surface area contributed by atoms with Gasteiger partial charge in [-0.25, -0.2) is 9.97 Å². The van der Waals surface area contributed by atoms with Crippen LogP contribution in [0, 0.1) is 6.92 Å². The molecule has 0 saturated carbocycles. The zero-order chi connectivity index (χ0) is 20.2. The van der Waals surface area contributed by atoms with Crippen molar-refractivity contribution in [3.8, 4) is 0 Å². The standard InChI is InChI=1S/C22H22N4OS2/c1-3-26-20-7-5-4-6-19(20)25-21(26)12-23-22(27)16-8-10-18(11-9-16)29-14-17-13-28-15(2)24-17/h4-11,13H,3,12,14H2,1-2H3,(H,23,27). The molecule has 0 atom stereocenters. The summed E-state index contributed by atoms with van der Waals surface area (Å²) in [6.07, 6.45) is 0. The molecule has 2 aromatic heterocycles.